The molecule has 17 heteroatoms. The lowest BCUT2D eigenvalue weighted by molar-refractivity contribution is -0.369. The van der Waals surface area contributed by atoms with Crippen LogP contribution in [0.4, 0.5) is 0 Å². The van der Waals surface area contributed by atoms with E-state index in [-0.39, 0.29) is 35.6 Å². The summed E-state index contributed by atoms with van der Waals surface area (Å²) >= 11 is 0. The predicted octanol–water partition coefficient (Wildman–Crippen LogP) is 0.754. The Kier molecular flexibility index (Phi) is 15.8. The van der Waals surface area contributed by atoms with Crippen molar-refractivity contribution in [1.29, 1.82) is 0 Å². The molecule has 0 aromatic rings. The number of rotatable bonds is 15. The van der Waals surface area contributed by atoms with Gasteiger partial charge in [-0.1, -0.05) is 45.9 Å². The van der Waals surface area contributed by atoms with Crippen molar-refractivity contribution in [1.82, 2.24) is 0 Å². The number of aliphatic hydroxyl groups excluding tert-OH is 10. The van der Waals surface area contributed by atoms with Crippen molar-refractivity contribution < 1.29 is 84.2 Å². The van der Waals surface area contributed by atoms with Gasteiger partial charge >= 0.3 is 0 Å². The highest BCUT2D eigenvalue weighted by atomic mass is 16.8. The van der Waals surface area contributed by atoms with Crippen LogP contribution in [0.2, 0.25) is 0 Å². The maximum Gasteiger partial charge on any atom is 0.187 e. The molecular weight excluding hydrogens is 824 g/mol. The Morgan fingerprint density at radius 1 is 0.794 bits per heavy atom. The van der Waals surface area contributed by atoms with Crippen molar-refractivity contribution in [3.8, 4) is 0 Å². The van der Waals surface area contributed by atoms with Gasteiger partial charge in [0.05, 0.1) is 37.8 Å². The van der Waals surface area contributed by atoms with Crippen LogP contribution in [-0.4, -0.2) is 175 Å². The second kappa shape index (κ2) is 20.1. The second-order valence-electron chi connectivity index (χ2n) is 20.4. The summed E-state index contributed by atoms with van der Waals surface area (Å²) < 4.78 is 42.2. The molecule has 10 N–H and O–H groups in total. The number of allylic oxidation sites excluding steroid dienone is 2. The molecule has 7 rings (SSSR count). The Balaban J connectivity index is 0.957. The smallest absolute Gasteiger partial charge is 0.187 e. The van der Waals surface area contributed by atoms with Crippen LogP contribution < -0.4 is 0 Å². The van der Waals surface area contributed by atoms with Gasteiger partial charge in [0.25, 0.3) is 0 Å². The fourth-order valence-corrected chi connectivity index (χ4v) is 12.7. The van der Waals surface area contributed by atoms with Crippen LogP contribution in [-0.2, 0) is 33.2 Å². The SMILES string of the molecule is C=C(CC[C@@H](C)CO[C@@H]1OC(CO)[C@@H](O)[C@H](O)C1O)O[C@H]1C[C@H]2[C@@H]3CC=C4C[C@@H](O[C@@H]5OC(CO)[C@@H](O)[C@H](O)C5O[C@@H]5OC(C)[C@H](O)C(O)[C@@H]5O)CC[C@]4(C)[C@H]3CC[C@]2(C)[C@H]1CC. The normalized spacial score (nSPS) is 50.5. The highest BCUT2D eigenvalue weighted by molar-refractivity contribution is 5.26. The standard InChI is InChI=1S/C46H76O17/c1-7-27-30(58-22(3)9-8-21(2)20-57-42-39(55)37(53)34(50)31(18-47)61-42)17-29-26-11-10-24-16-25(12-14-45(24,5)28(26)13-15-46(27,29)6)60-44-41(38(54)35(51)32(19-48)62-44)63-43-40(56)36(52)33(49)23(4)59-43/h10,21,23,25-44,47-56H,3,7-9,11-20H2,1-2,4-6H3/t21-,23?,25+,26-,27+,28+,29+,30+,31?,32?,33+,34-,35-,36?,37+,38+,39?,40+,41?,42-,43+,44-,45+,46-/m1/s1. The Morgan fingerprint density at radius 3 is 2.13 bits per heavy atom. The second-order valence-corrected chi connectivity index (χ2v) is 20.4. The zero-order valence-electron chi connectivity index (χ0n) is 37.5. The third-order valence-electron chi connectivity index (χ3n) is 16.6. The van der Waals surface area contributed by atoms with Crippen molar-refractivity contribution in [3.63, 3.8) is 0 Å². The molecule has 17 nitrogen and oxygen atoms in total. The summed E-state index contributed by atoms with van der Waals surface area (Å²) in [5, 5.41) is 103. The van der Waals surface area contributed by atoms with Crippen molar-refractivity contribution in [2.24, 2.45) is 40.4 Å². The molecule has 0 radical (unpaired) electrons. The van der Waals surface area contributed by atoms with Crippen molar-refractivity contribution in [3.05, 3.63) is 24.0 Å². The van der Waals surface area contributed by atoms with Gasteiger partial charge < -0.3 is 84.2 Å². The van der Waals surface area contributed by atoms with Crippen molar-refractivity contribution in [2.45, 2.75) is 203 Å². The van der Waals surface area contributed by atoms with Gasteiger partial charge in [0, 0.05) is 12.3 Å². The molecule has 3 heterocycles. The summed E-state index contributed by atoms with van der Waals surface area (Å²) in [5.41, 5.74) is 1.42. The molecule has 6 unspecified atom stereocenters. The monoisotopic (exact) mass is 901 g/mol. The van der Waals surface area contributed by atoms with E-state index in [0.717, 1.165) is 50.7 Å². The van der Waals surface area contributed by atoms with E-state index in [9.17, 15) is 51.1 Å². The molecule has 63 heavy (non-hydrogen) atoms. The first-order valence-corrected chi connectivity index (χ1v) is 23.5. The summed E-state index contributed by atoms with van der Waals surface area (Å²) in [7, 11) is 0. The topological polar surface area (TPSA) is 267 Å². The van der Waals surface area contributed by atoms with Crippen LogP contribution in [0.3, 0.4) is 0 Å². The van der Waals surface area contributed by atoms with E-state index in [1.165, 1.54) is 12.5 Å². The summed E-state index contributed by atoms with van der Waals surface area (Å²) in [6.45, 7) is 14.1. The molecule has 7 aliphatic rings. The molecule has 0 bridgehead atoms. The summed E-state index contributed by atoms with van der Waals surface area (Å²) in [5.74, 6) is 2.62. The van der Waals surface area contributed by atoms with Crippen molar-refractivity contribution >= 4 is 0 Å². The maximum absolute atomic E-state index is 11.2. The molecule has 0 amide bonds. The minimum absolute atomic E-state index is 0.0397. The van der Waals surface area contributed by atoms with E-state index < -0.39 is 105 Å². The van der Waals surface area contributed by atoms with Crippen LogP contribution in [0.1, 0.15) is 98.8 Å². The highest BCUT2D eigenvalue weighted by Gasteiger charge is 2.62. The Hall–Kier alpha value is -1.36. The average molecular weight is 901 g/mol. The Labute approximate surface area is 370 Å². The fourth-order valence-electron chi connectivity index (χ4n) is 12.7. The van der Waals surface area contributed by atoms with Crippen LogP contribution in [0.5, 0.6) is 0 Å². The van der Waals surface area contributed by atoms with Gasteiger partial charge in [-0.05, 0) is 99.2 Å². The first-order chi connectivity index (χ1) is 29.9. The number of fused-ring (bicyclic) bond motifs is 5. The van der Waals surface area contributed by atoms with E-state index in [0.29, 0.717) is 42.9 Å². The number of hydrogen-bond acceptors (Lipinski definition) is 17. The molecule has 3 saturated heterocycles. The Morgan fingerprint density at radius 2 is 1.44 bits per heavy atom. The molecule has 6 fully saturated rings. The average Bonchev–Trinajstić information content (AvgIpc) is 3.55. The van der Waals surface area contributed by atoms with E-state index in [1.807, 2.05) is 6.92 Å². The fraction of sp³-hybridized carbons (Fsp3) is 0.913. The summed E-state index contributed by atoms with van der Waals surface area (Å²) in [6.07, 6.45) is -9.41. The van der Waals surface area contributed by atoms with Crippen molar-refractivity contribution in [2.75, 3.05) is 19.8 Å². The van der Waals surface area contributed by atoms with Crippen LogP contribution in [0.15, 0.2) is 24.0 Å². The van der Waals surface area contributed by atoms with Gasteiger partial charge in [-0.3, -0.25) is 0 Å². The van der Waals surface area contributed by atoms with Gasteiger partial charge in [-0.15, -0.1) is 0 Å². The number of hydrogen-bond donors (Lipinski definition) is 10. The summed E-state index contributed by atoms with van der Waals surface area (Å²) in [6, 6.07) is 0. The van der Waals surface area contributed by atoms with Gasteiger partial charge in [-0.2, -0.15) is 0 Å². The van der Waals surface area contributed by atoms with E-state index in [4.69, 9.17) is 33.2 Å². The van der Waals surface area contributed by atoms with Gasteiger partial charge in [0.1, 0.15) is 73.2 Å². The van der Waals surface area contributed by atoms with E-state index in [2.05, 4.69) is 33.4 Å². The molecule has 0 aromatic carbocycles. The van der Waals surface area contributed by atoms with E-state index in [1.54, 1.807) is 0 Å². The maximum atomic E-state index is 11.2. The highest BCUT2D eigenvalue weighted by Crippen LogP contribution is 2.67. The van der Waals surface area contributed by atoms with Crippen LogP contribution in [0.25, 0.3) is 0 Å². The van der Waals surface area contributed by atoms with Gasteiger partial charge in [-0.25, -0.2) is 0 Å². The quantitative estimate of drug-likeness (QED) is 0.0803. The first-order valence-electron chi connectivity index (χ1n) is 23.5. The largest absolute Gasteiger partial charge is 0.495 e. The molecular formula is C46H76O17. The number of ether oxygens (including phenoxy) is 7. The number of aliphatic hydroxyl groups is 10. The first kappa shape index (κ1) is 49.5. The molecule has 3 aliphatic heterocycles. The third-order valence-corrected chi connectivity index (χ3v) is 16.6. The lowest BCUT2D eigenvalue weighted by Gasteiger charge is -2.58. The lowest BCUT2D eigenvalue weighted by Crippen LogP contribution is -2.64. The molecule has 0 aromatic heterocycles. The van der Waals surface area contributed by atoms with Gasteiger partial charge in [0.2, 0.25) is 0 Å². The molecule has 362 valence electrons. The molecule has 3 saturated carbocycles. The zero-order valence-corrected chi connectivity index (χ0v) is 37.5. The van der Waals surface area contributed by atoms with Crippen LogP contribution >= 0.6 is 0 Å². The van der Waals surface area contributed by atoms with Gasteiger partial charge in [0.15, 0.2) is 18.9 Å². The molecule has 4 aliphatic carbocycles. The minimum atomic E-state index is -1.64. The molecule has 24 atom stereocenters. The van der Waals surface area contributed by atoms with Crippen LogP contribution in [0, 0.1) is 40.4 Å². The van der Waals surface area contributed by atoms with E-state index >= 15 is 0 Å². The predicted molar refractivity (Wildman–Crippen MR) is 223 cm³/mol. The molecule has 0 spiro atoms. The summed E-state index contributed by atoms with van der Waals surface area (Å²) in [4.78, 5) is 0. The lowest BCUT2D eigenvalue weighted by atomic mass is 9.47. The minimum Gasteiger partial charge on any atom is -0.495 e. The Bertz CT molecular complexity index is 1570. The zero-order chi connectivity index (χ0) is 45.7. The third kappa shape index (κ3) is 9.57.